The molecule has 1 aliphatic heterocycles. The number of amides is 1. The van der Waals surface area contributed by atoms with Gasteiger partial charge in [-0.2, -0.15) is 0 Å². The lowest BCUT2D eigenvalue weighted by Gasteiger charge is -2.34. The summed E-state index contributed by atoms with van der Waals surface area (Å²) in [7, 11) is 1.88. The Morgan fingerprint density at radius 3 is 2.68 bits per heavy atom. The van der Waals surface area contributed by atoms with Gasteiger partial charge in [0.15, 0.2) is 6.61 Å². The van der Waals surface area contributed by atoms with Gasteiger partial charge in [0.05, 0.1) is 0 Å². The molecule has 3 rings (SSSR count). The Morgan fingerprint density at radius 2 is 1.93 bits per heavy atom. The number of halogens is 1. The predicted molar refractivity (Wildman–Crippen MR) is 114 cm³/mol. The summed E-state index contributed by atoms with van der Waals surface area (Å²) in [6.45, 7) is 4.11. The fraction of sp³-hybridized carbons (Fsp3) is 0.435. The standard InChI is InChI=1S/C23H29ClN2O2/c1-25(23(27)18-28-22-7-3-2-4-8-22)16-20-6-5-14-26(17-20)15-13-19-9-11-21(24)12-10-19/h2-4,7-12,20H,5-6,13-18H2,1H3/t20-/m0/s1. The summed E-state index contributed by atoms with van der Waals surface area (Å²) in [6, 6.07) is 17.6. The third-order valence-electron chi connectivity index (χ3n) is 5.30. The lowest BCUT2D eigenvalue weighted by atomic mass is 9.97. The van der Waals surface area contributed by atoms with Crippen LogP contribution in [0.4, 0.5) is 0 Å². The molecule has 0 saturated carbocycles. The highest BCUT2D eigenvalue weighted by Gasteiger charge is 2.22. The van der Waals surface area contributed by atoms with Crippen molar-refractivity contribution in [3.8, 4) is 5.75 Å². The van der Waals surface area contributed by atoms with Gasteiger partial charge < -0.3 is 14.5 Å². The summed E-state index contributed by atoms with van der Waals surface area (Å²) < 4.78 is 5.58. The van der Waals surface area contributed by atoms with Crippen LogP contribution in [0.5, 0.6) is 5.75 Å². The van der Waals surface area contributed by atoms with E-state index in [1.165, 1.54) is 18.4 Å². The van der Waals surface area contributed by atoms with Gasteiger partial charge in [-0.05, 0) is 61.6 Å². The zero-order valence-corrected chi connectivity index (χ0v) is 17.3. The zero-order chi connectivity index (χ0) is 19.8. The van der Waals surface area contributed by atoms with Crippen molar-refractivity contribution in [3.63, 3.8) is 0 Å². The van der Waals surface area contributed by atoms with E-state index in [1.807, 2.05) is 54.4 Å². The average molecular weight is 401 g/mol. The number of carbonyl (C=O) groups excluding carboxylic acids is 1. The maximum absolute atomic E-state index is 12.4. The largest absolute Gasteiger partial charge is 0.484 e. The van der Waals surface area contributed by atoms with Gasteiger partial charge in [0.2, 0.25) is 0 Å². The molecule has 1 heterocycles. The fourth-order valence-electron chi connectivity index (χ4n) is 3.70. The van der Waals surface area contributed by atoms with E-state index in [1.54, 1.807) is 0 Å². The van der Waals surface area contributed by atoms with Crippen LogP contribution >= 0.6 is 11.6 Å². The van der Waals surface area contributed by atoms with Crippen LogP contribution in [0.3, 0.4) is 0 Å². The SMILES string of the molecule is CN(C[C@@H]1CCCN(CCc2ccc(Cl)cc2)C1)C(=O)COc1ccccc1. The summed E-state index contributed by atoms with van der Waals surface area (Å²) in [5, 5.41) is 0.783. The van der Waals surface area contributed by atoms with Gasteiger partial charge in [-0.25, -0.2) is 0 Å². The number of hydrogen-bond donors (Lipinski definition) is 0. The number of likely N-dealkylation sites (tertiary alicyclic amines) is 1. The lowest BCUT2D eigenvalue weighted by molar-refractivity contribution is -0.132. The van der Waals surface area contributed by atoms with Gasteiger partial charge in [-0.1, -0.05) is 41.9 Å². The fourth-order valence-corrected chi connectivity index (χ4v) is 3.83. The van der Waals surface area contributed by atoms with Crippen molar-refractivity contribution in [1.29, 1.82) is 0 Å². The minimum absolute atomic E-state index is 0.0298. The van der Waals surface area contributed by atoms with Gasteiger partial charge in [0, 0.05) is 31.7 Å². The number of para-hydroxylation sites is 1. The van der Waals surface area contributed by atoms with Crippen molar-refractivity contribution in [2.24, 2.45) is 5.92 Å². The number of hydrogen-bond acceptors (Lipinski definition) is 3. The van der Waals surface area contributed by atoms with Crippen molar-refractivity contribution in [2.75, 3.05) is 39.8 Å². The number of nitrogens with zero attached hydrogens (tertiary/aromatic N) is 2. The second-order valence-corrected chi connectivity index (χ2v) is 8.00. The highest BCUT2D eigenvalue weighted by atomic mass is 35.5. The Hall–Kier alpha value is -2.04. The molecule has 1 saturated heterocycles. The third kappa shape index (κ3) is 6.54. The van der Waals surface area contributed by atoms with Crippen molar-refractivity contribution in [3.05, 3.63) is 65.2 Å². The van der Waals surface area contributed by atoms with E-state index in [-0.39, 0.29) is 12.5 Å². The predicted octanol–water partition coefficient (Wildman–Crippen LogP) is 4.13. The van der Waals surface area contributed by atoms with Crippen molar-refractivity contribution in [2.45, 2.75) is 19.3 Å². The molecule has 1 amide bonds. The van der Waals surface area contributed by atoms with Crippen LogP contribution in [-0.4, -0.2) is 55.5 Å². The average Bonchev–Trinajstić information content (AvgIpc) is 2.72. The zero-order valence-electron chi connectivity index (χ0n) is 16.5. The molecule has 1 atom stereocenters. The van der Waals surface area contributed by atoms with E-state index in [9.17, 15) is 4.79 Å². The number of carbonyl (C=O) groups is 1. The van der Waals surface area contributed by atoms with E-state index < -0.39 is 0 Å². The quantitative estimate of drug-likeness (QED) is 0.667. The molecule has 2 aromatic rings. The second kappa shape index (κ2) is 10.5. The maximum atomic E-state index is 12.4. The summed E-state index contributed by atoms with van der Waals surface area (Å²) in [4.78, 5) is 16.7. The minimum Gasteiger partial charge on any atom is -0.484 e. The first-order valence-corrected chi connectivity index (χ1v) is 10.4. The molecule has 5 heteroatoms. The first kappa shape index (κ1) is 20.7. The molecule has 1 fully saturated rings. The van der Waals surface area contributed by atoms with Crippen LogP contribution in [0.1, 0.15) is 18.4 Å². The van der Waals surface area contributed by atoms with Crippen molar-refractivity contribution in [1.82, 2.24) is 9.80 Å². The summed E-state index contributed by atoms with van der Waals surface area (Å²) in [5.41, 5.74) is 1.32. The molecule has 0 unspecified atom stereocenters. The van der Waals surface area contributed by atoms with E-state index in [2.05, 4.69) is 17.0 Å². The van der Waals surface area contributed by atoms with E-state index in [4.69, 9.17) is 16.3 Å². The Morgan fingerprint density at radius 1 is 1.18 bits per heavy atom. The normalized spacial score (nSPS) is 17.3. The van der Waals surface area contributed by atoms with Crippen molar-refractivity contribution < 1.29 is 9.53 Å². The van der Waals surface area contributed by atoms with Crippen LogP contribution in [0.15, 0.2) is 54.6 Å². The topological polar surface area (TPSA) is 32.8 Å². The number of piperidine rings is 1. The molecule has 0 N–H and O–H groups in total. The first-order valence-electron chi connectivity index (χ1n) is 9.99. The van der Waals surface area contributed by atoms with Gasteiger partial charge in [0.25, 0.3) is 5.91 Å². The molecule has 0 bridgehead atoms. The molecule has 2 aromatic carbocycles. The molecule has 0 spiro atoms. The van der Waals surface area contributed by atoms with Crippen LogP contribution in [0, 0.1) is 5.92 Å². The monoisotopic (exact) mass is 400 g/mol. The lowest BCUT2D eigenvalue weighted by Crippen LogP contribution is -2.43. The Labute approximate surface area is 173 Å². The van der Waals surface area contributed by atoms with Crippen molar-refractivity contribution >= 4 is 17.5 Å². The van der Waals surface area contributed by atoms with Gasteiger partial charge in [-0.15, -0.1) is 0 Å². The number of rotatable bonds is 8. The molecule has 0 aromatic heterocycles. The first-order chi connectivity index (χ1) is 13.6. The van der Waals surface area contributed by atoms with Crippen LogP contribution in [0.2, 0.25) is 5.02 Å². The highest BCUT2D eigenvalue weighted by molar-refractivity contribution is 6.30. The van der Waals surface area contributed by atoms with Crippen LogP contribution < -0.4 is 4.74 Å². The molecule has 0 radical (unpaired) electrons. The number of benzene rings is 2. The van der Waals surface area contributed by atoms with Gasteiger partial charge in [0.1, 0.15) is 5.75 Å². The molecule has 4 nitrogen and oxygen atoms in total. The second-order valence-electron chi connectivity index (χ2n) is 7.56. The molecule has 28 heavy (non-hydrogen) atoms. The highest BCUT2D eigenvalue weighted by Crippen LogP contribution is 2.18. The molecular weight excluding hydrogens is 372 g/mol. The Kier molecular flexibility index (Phi) is 7.75. The summed E-state index contributed by atoms with van der Waals surface area (Å²) in [5.74, 6) is 1.28. The van der Waals surface area contributed by atoms with Gasteiger partial charge >= 0.3 is 0 Å². The van der Waals surface area contributed by atoms with E-state index in [0.717, 1.165) is 43.4 Å². The summed E-state index contributed by atoms with van der Waals surface area (Å²) >= 11 is 5.96. The Balaban J connectivity index is 1.40. The minimum atomic E-state index is 0.0298. The van der Waals surface area contributed by atoms with Crippen LogP contribution in [0.25, 0.3) is 0 Å². The van der Waals surface area contributed by atoms with Crippen LogP contribution in [-0.2, 0) is 11.2 Å². The third-order valence-corrected chi connectivity index (χ3v) is 5.55. The van der Waals surface area contributed by atoms with Gasteiger partial charge in [-0.3, -0.25) is 4.79 Å². The molecule has 0 aliphatic carbocycles. The number of likely N-dealkylation sites (N-methyl/N-ethyl adjacent to an activating group) is 1. The molecular formula is C23H29ClN2O2. The number of ether oxygens (including phenoxy) is 1. The Bertz CT molecular complexity index is 736. The molecule has 1 aliphatic rings. The summed E-state index contributed by atoms with van der Waals surface area (Å²) in [6.07, 6.45) is 3.39. The smallest absolute Gasteiger partial charge is 0.260 e. The van der Waals surface area contributed by atoms with E-state index >= 15 is 0 Å². The van der Waals surface area contributed by atoms with E-state index in [0.29, 0.717) is 5.92 Å². The maximum Gasteiger partial charge on any atom is 0.260 e. The molecule has 150 valence electrons.